The lowest BCUT2D eigenvalue weighted by Crippen LogP contribution is -2.43. The zero-order valence-electron chi connectivity index (χ0n) is 18.4. The number of carbonyl (C=O) groups excluding carboxylic acids is 1. The van der Waals surface area contributed by atoms with Crippen molar-refractivity contribution in [3.8, 4) is 0 Å². The highest BCUT2D eigenvalue weighted by molar-refractivity contribution is 7.89. The number of para-hydroxylation sites is 1. The summed E-state index contributed by atoms with van der Waals surface area (Å²) in [6, 6.07) is 13.6. The number of rotatable bonds is 6. The highest BCUT2D eigenvalue weighted by atomic mass is 32.2. The zero-order chi connectivity index (χ0) is 22.7. The van der Waals surface area contributed by atoms with Gasteiger partial charge in [0.05, 0.1) is 0 Å². The fourth-order valence-electron chi connectivity index (χ4n) is 4.69. The maximum absolute atomic E-state index is 14.0. The molecule has 2 saturated heterocycles. The van der Waals surface area contributed by atoms with Gasteiger partial charge in [-0.1, -0.05) is 30.3 Å². The van der Waals surface area contributed by atoms with Crippen LogP contribution in [0.2, 0.25) is 0 Å². The van der Waals surface area contributed by atoms with E-state index < -0.39 is 15.8 Å². The third-order valence-electron chi connectivity index (χ3n) is 6.48. The van der Waals surface area contributed by atoms with E-state index in [2.05, 4.69) is 17.0 Å². The van der Waals surface area contributed by atoms with Gasteiger partial charge in [-0.05, 0) is 49.4 Å². The summed E-state index contributed by atoms with van der Waals surface area (Å²) in [6.07, 6.45) is 3.25. The number of amides is 1. The largest absolute Gasteiger partial charge is 0.371 e. The number of halogens is 1. The lowest BCUT2D eigenvalue weighted by atomic mass is 9.96. The first-order valence-electron chi connectivity index (χ1n) is 11.2. The summed E-state index contributed by atoms with van der Waals surface area (Å²) < 4.78 is 40.9. The minimum Gasteiger partial charge on any atom is -0.371 e. The van der Waals surface area contributed by atoms with Gasteiger partial charge < -0.3 is 9.80 Å². The van der Waals surface area contributed by atoms with E-state index in [1.54, 1.807) is 4.90 Å². The van der Waals surface area contributed by atoms with Gasteiger partial charge >= 0.3 is 0 Å². The third-order valence-corrected chi connectivity index (χ3v) is 8.41. The Morgan fingerprint density at radius 2 is 1.62 bits per heavy atom. The second kappa shape index (κ2) is 9.58. The topological polar surface area (TPSA) is 60.9 Å². The summed E-state index contributed by atoms with van der Waals surface area (Å²) in [4.78, 5) is 16.9. The predicted octanol–water partition coefficient (Wildman–Crippen LogP) is 3.49. The van der Waals surface area contributed by atoms with Crippen LogP contribution < -0.4 is 4.90 Å². The molecule has 2 heterocycles. The van der Waals surface area contributed by atoms with Crippen molar-refractivity contribution >= 4 is 21.6 Å². The summed E-state index contributed by atoms with van der Waals surface area (Å²) in [5.74, 6) is -0.947. The molecule has 1 amide bonds. The van der Waals surface area contributed by atoms with E-state index in [-0.39, 0.29) is 29.8 Å². The second-order valence-corrected chi connectivity index (χ2v) is 10.5. The molecule has 0 aromatic heterocycles. The van der Waals surface area contributed by atoms with Crippen LogP contribution in [0.25, 0.3) is 0 Å². The van der Waals surface area contributed by atoms with E-state index in [1.165, 1.54) is 41.0 Å². The summed E-state index contributed by atoms with van der Waals surface area (Å²) >= 11 is 0. The second-order valence-electron chi connectivity index (χ2n) is 8.63. The van der Waals surface area contributed by atoms with Crippen molar-refractivity contribution in [3.63, 3.8) is 0 Å². The van der Waals surface area contributed by atoms with Crippen molar-refractivity contribution in [3.05, 3.63) is 59.9 Å². The molecule has 4 rings (SSSR count). The summed E-state index contributed by atoms with van der Waals surface area (Å²) in [6.45, 7) is 3.04. The first-order chi connectivity index (χ1) is 15.4. The van der Waals surface area contributed by atoms with E-state index in [4.69, 9.17) is 0 Å². The average Bonchev–Trinajstić information content (AvgIpc) is 3.34. The number of anilines is 1. The minimum atomic E-state index is -3.90. The number of carbonyl (C=O) groups is 1. The molecule has 0 radical (unpaired) electrons. The van der Waals surface area contributed by atoms with Crippen molar-refractivity contribution in [1.82, 2.24) is 9.21 Å². The van der Waals surface area contributed by atoms with E-state index >= 15 is 0 Å². The van der Waals surface area contributed by atoms with Crippen LogP contribution in [0.4, 0.5) is 10.1 Å². The highest BCUT2D eigenvalue weighted by Gasteiger charge is 2.34. The van der Waals surface area contributed by atoms with Gasteiger partial charge in [0.1, 0.15) is 10.7 Å². The molecule has 0 aliphatic carbocycles. The van der Waals surface area contributed by atoms with Gasteiger partial charge in [-0.3, -0.25) is 4.79 Å². The van der Waals surface area contributed by atoms with Gasteiger partial charge in [0.25, 0.3) is 0 Å². The molecule has 8 heteroatoms. The van der Waals surface area contributed by atoms with E-state index in [9.17, 15) is 17.6 Å². The van der Waals surface area contributed by atoms with Crippen LogP contribution in [0, 0.1) is 11.7 Å². The minimum absolute atomic E-state index is 0.0316. The summed E-state index contributed by atoms with van der Waals surface area (Å²) in [5.41, 5.74) is 2.32. The molecule has 0 bridgehead atoms. The molecule has 2 aromatic carbocycles. The van der Waals surface area contributed by atoms with Crippen LogP contribution in [0.15, 0.2) is 53.4 Å². The lowest BCUT2D eigenvalue weighted by Gasteiger charge is -2.33. The van der Waals surface area contributed by atoms with E-state index in [0.717, 1.165) is 24.7 Å². The summed E-state index contributed by atoms with van der Waals surface area (Å²) in [7, 11) is -2.09. The number of piperidine rings is 1. The van der Waals surface area contributed by atoms with Crippen LogP contribution in [0.3, 0.4) is 0 Å². The maximum Gasteiger partial charge on any atom is 0.245 e. The molecule has 0 unspecified atom stereocenters. The van der Waals surface area contributed by atoms with Crippen molar-refractivity contribution in [2.45, 2.75) is 37.1 Å². The Morgan fingerprint density at radius 3 is 2.31 bits per heavy atom. The quantitative estimate of drug-likeness (QED) is 0.664. The Hall–Kier alpha value is -2.45. The van der Waals surface area contributed by atoms with Crippen molar-refractivity contribution in [2.24, 2.45) is 5.92 Å². The van der Waals surface area contributed by atoms with Gasteiger partial charge in [0.15, 0.2) is 0 Å². The molecule has 2 aromatic rings. The standard InChI is InChI=1S/C24H30FN3O3S/c1-26(18-20-8-2-4-10-22(20)27-14-6-7-15-27)24(29)19-12-16-28(17-13-19)32(30,31)23-11-5-3-9-21(23)25/h2-5,8-11,19H,6-7,12-18H2,1H3. The molecule has 32 heavy (non-hydrogen) atoms. The smallest absolute Gasteiger partial charge is 0.245 e. The van der Waals surface area contributed by atoms with Gasteiger partial charge in [0.2, 0.25) is 15.9 Å². The number of nitrogens with zero attached hydrogens (tertiary/aromatic N) is 3. The number of benzene rings is 2. The molecule has 0 atom stereocenters. The molecule has 2 fully saturated rings. The molecule has 0 saturated carbocycles. The molecular weight excluding hydrogens is 429 g/mol. The Kier molecular flexibility index (Phi) is 6.81. The Labute approximate surface area is 189 Å². The molecule has 6 nitrogen and oxygen atoms in total. The third kappa shape index (κ3) is 4.66. The first kappa shape index (κ1) is 22.7. The monoisotopic (exact) mass is 459 g/mol. The molecule has 0 N–H and O–H groups in total. The molecule has 0 spiro atoms. The zero-order valence-corrected chi connectivity index (χ0v) is 19.2. The van der Waals surface area contributed by atoms with Gasteiger partial charge in [-0.25, -0.2) is 12.8 Å². The molecular formula is C24H30FN3O3S. The van der Waals surface area contributed by atoms with Crippen LogP contribution in [0.1, 0.15) is 31.2 Å². The van der Waals surface area contributed by atoms with E-state index in [1.807, 2.05) is 19.2 Å². The number of hydrogen-bond acceptors (Lipinski definition) is 4. The maximum atomic E-state index is 14.0. The molecule has 172 valence electrons. The van der Waals surface area contributed by atoms with Crippen LogP contribution in [-0.2, 0) is 21.4 Å². The van der Waals surface area contributed by atoms with E-state index in [0.29, 0.717) is 19.4 Å². The average molecular weight is 460 g/mol. The molecule has 2 aliphatic rings. The fraction of sp³-hybridized carbons (Fsp3) is 0.458. The Morgan fingerprint density at radius 1 is 1.00 bits per heavy atom. The van der Waals surface area contributed by atoms with Gasteiger partial charge in [0, 0.05) is 51.4 Å². The first-order valence-corrected chi connectivity index (χ1v) is 12.6. The SMILES string of the molecule is CN(Cc1ccccc1N1CCCC1)C(=O)C1CCN(S(=O)(=O)c2ccccc2F)CC1. The van der Waals surface area contributed by atoms with Gasteiger partial charge in [-0.15, -0.1) is 0 Å². The predicted molar refractivity (Wildman–Crippen MR) is 122 cm³/mol. The van der Waals surface area contributed by atoms with Gasteiger partial charge in [-0.2, -0.15) is 4.31 Å². The van der Waals surface area contributed by atoms with Crippen LogP contribution in [-0.4, -0.2) is 56.8 Å². The number of sulfonamides is 1. The van der Waals surface area contributed by atoms with Crippen LogP contribution in [0.5, 0.6) is 0 Å². The molecule has 2 aliphatic heterocycles. The Bertz CT molecular complexity index is 1060. The highest BCUT2D eigenvalue weighted by Crippen LogP contribution is 2.28. The lowest BCUT2D eigenvalue weighted by molar-refractivity contribution is -0.135. The Balaban J connectivity index is 1.38. The summed E-state index contributed by atoms with van der Waals surface area (Å²) in [5, 5.41) is 0. The van der Waals surface area contributed by atoms with Crippen molar-refractivity contribution < 1.29 is 17.6 Å². The van der Waals surface area contributed by atoms with Crippen molar-refractivity contribution in [1.29, 1.82) is 0 Å². The fourth-order valence-corrected chi connectivity index (χ4v) is 6.23. The normalized spacial score (nSPS) is 18.1. The number of hydrogen-bond donors (Lipinski definition) is 0. The van der Waals surface area contributed by atoms with Crippen LogP contribution >= 0.6 is 0 Å². The van der Waals surface area contributed by atoms with Crippen molar-refractivity contribution in [2.75, 3.05) is 38.1 Å².